The monoisotopic (exact) mass is 470 g/mol. The van der Waals surface area contributed by atoms with E-state index in [9.17, 15) is 83.4 Å². The molecule has 0 rings (SSSR count). The summed E-state index contributed by atoms with van der Waals surface area (Å²) in [5, 5.41) is 0. The maximum absolute atomic E-state index is 12.9. The Bertz CT molecular complexity index is 561. The van der Waals surface area contributed by atoms with Crippen LogP contribution in [0.1, 0.15) is 0 Å². The van der Waals surface area contributed by atoms with Crippen LogP contribution in [0.3, 0.4) is 0 Å². The Morgan fingerprint density at radius 2 is 0.571 bits per heavy atom. The summed E-state index contributed by atoms with van der Waals surface area (Å²) < 4.78 is 235. The Labute approximate surface area is 139 Å². The fourth-order valence-corrected chi connectivity index (χ4v) is 1.32. The predicted molar refractivity (Wildman–Crippen MR) is 46.7 cm³/mol. The molecule has 0 saturated heterocycles. The second-order valence-electron chi connectivity index (χ2n) is 4.90. The van der Waals surface area contributed by atoms with E-state index in [0.717, 1.165) is 0 Å². The Kier molecular flexibility index (Phi) is 6.03. The van der Waals surface area contributed by atoms with E-state index in [-0.39, 0.29) is 0 Å². The molecule has 1 unspecified atom stereocenters. The van der Waals surface area contributed by atoms with Crippen LogP contribution in [-0.4, -0.2) is 54.1 Å². The normalized spacial score (nSPS) is 17.7. The highest BCUT2D eigenvalue weighted by Crippen LogP contribution is 2.61. The zero-order valence-corrected chi connectivity index (χ0v) is 11.8. The lowest BCUT2D eigenvalue weighted by Gasteiger charge is -2.40. The third kappa shape index (κ3) is 3.30. The molecule has 0 aromatic carbocycles. The molecule has 19 heteroatoms. The van der Waals surface area contributed by atoms with Gasteiger partial charge in [0.15, 0.2) is 0 Å². The van der Waals surface area contributed by atoms with E-state index in [0.29, 0.717) is 0 Å². The van der Waals surface area contributed by atoms with Gasteiger partial charge < -0.3 is 0 Å². The molecule has 0 spiro atoms. The van der Waals surface area contributed by atoms with E-state index in [2.05, 4.69) is 0 Å². The lowest BCUT2D eigenvalue weighted by Crippen LogP contribution is -2.71. The van der Waals surface area contributed by atoms with Gasteiger partial charge in [0, 0.05) is 0 Å². The van der Waals surface area contributed by atoms with Crippen molar-refractivity contribution < 1.29 is 83.4 Å². The molecule has 0 radical (unpaired) electrons. The minimum atomic E-state index is -8.54. The van der Waals surface area contributed by atoms with E-state index in [4.69, 9.17) is 0 Å². The van der Waals surface area contributed by atoms with Crippen LogP contribution in [-0.2, 0) is 0 Å². The van der Waals surface area contributed by atoms with Crippen molar-refractivity contribution in [2.45, 2.75) is 54.1 Å². The maximum atomic E-state index is 12.9. The fourth-order valence-electron chi connectivity index (χ4n) is 1.32. The van der Waals surface area contributed by atoms with E-state index in [1.807, 2.05) is 0 Å². The summed E-state index contributed by atoms with van der Waals surface area (Å²) in [4.78, 5) is 0. The zero-order valence-electron chi connectivity index (χ0n) is 11.8. The average molecular weight is 470 g/mol. The molecule has 0 aliphatic rings. The summed E-state index contributed by atoms with van der Waals surface area (Å²) in [6.45, 7) is 0. The molecule has 0 heterocycles. The Balaban J connectivity index is 6.51. The summed E-state index contributed by atoms with van der Waals surface area (Å²) in [6, 6.07) is 0. The molecule has 0 N–H and O–H groups in total. The van der Waals surface area contributed by atoms with Crippen LogP contribution < -0.4 is 0 Å². The first-order chi connectivity index (χ1) is 11.7. The lowest BCUT2D eigenvalue weighted by atomic mass is 9.90. The Hall–Kier alpha value is -1.33. The number of alkyl halides is 19. The average Bonchev–Trinajstić information content (AvgIpc) is 2.42. The van der Waals surface area contributed by atoms with Crippen molar-refractivity contribution >= 4 is 0 Å². The molecule has 0 amide bonds. The smallest absolute Gasteiger partial charge is 0.234 e. The molecule has 0 aromatic rings. The van der Waals surface area contributed by atoms with Gasteiger partial charge in [-0.1, -0.05) is 0 Å². The minimum absolute atomic E-state index is 7.00. The van der Waals surface area contributed by atoms with Gasteiger partial charge in [-0.05, 0) is 0 Å². The van der Waals surface area contributed by atoms with Crippen molar-refractivity contribution in [2.24, 2.45) is 0 Å². The van der Waals surface area contributed by atoms with Crippen molar-refractivity contribution in [2.75, 3.05) is 0 Å². The van der Waals surface area contributed by atoms with Crippen LogP contribution in [0, 0.1) is 0 Å². The first-order valence-corrected chi connectivity index (χ1v) is 5.70. The van der Waals surface area contributed by atoms with Crippen LogP contribution in [0.25, 0.3) is 0 Å². The number of rotatable bonds is 6. The molecule has 170 valence electrons. The second kappa shape index (κ2) is 6.33. The van der Waals surface area contributed by atoms with Gasteiger partial charge in [-0.15, -0.1) is 0 Å². The third-order valence-corrected chi connectivity index (χ3v) is 2.97. The van der Waals surface area contributed by atoms with E-state index in [1.165, 1.54) is 0 Å². The molecule has 1 atom stereocenters. The second-order valence-corrected chi connectivity index (χ2v) is 4.90. The summed E-state index contributed by atoms with van der Waals surface area (Å²) in [6.07, 6.45) is -22.5. The zero-order chi connectivity index (χ0) is 23.6. The van der Waals surface area contributed by atoms with E-state index < -0.39 is 54.1 Å². The molecule has 0 aliphatic carbocycles. The van der Waals surface area contributed by atoms with Crippen LogP contribution in [0.2, 0.25) is 0 Å². The summed E-state index contributed by atoms with van der Waals surface area (Å²) >= 11 is 0. The van der Waals surface area contributed by atoms with Crippen LogP contribution in [0.5, 0.6) is 0 Å². The molecule has 0 nitrogen and oxygen atoms in total. The molecule has 0 aliphatic heterocycles. The van der Waals surface area contributed by atoms with Gasteiger partial charge in [0.1, 0.15) is 0 Å². The largest absolute Gasteiger partial charge is 0.460 e. The third-order valence-electron chi connectivity index (χ3n) is 2.97. The van der Waals surface area contributed by atoms with Gasteiger partial charge in [0.05, 0.1) is 0 Å². The van der Waals surface area contributed by atoms with E-state index in [1.54, 1.807) is 0 Å². The topological polar surface area (TPSA) is 0 Å². The van der Waals surface area contributed by atoms with Gasteiger partial charge in [-0.25, -0.2) is 4.39 Å². The van der Waals surface area contributed by atoms with Crippen molar-refractivity contribution in [3.8, 4) is 0 Å². The van der Waals surface area contributed by atoms with Gasteiger partial charge in [0.2, 0.25) is 6.17 Å². The lowest BCUT2D eigenvalue weighted by molar-refractivity contribution is -0.440. The molecule has 0 bridgehead atoms. The van der Waals surface area contributed by atoms with Crippen molar-refractivity contribution in [1.82, 2.24) is 0 Å². The number of halogens is 19. The van der Waals surface area contributed by atoms with Gasteiger partial charge in [0.25, 0.3) is 0 Å². The predicted octanol–water partition coefficient (Wildman–Crippen LogP) is 6.26. The highest BCUT2D eigenvalue weighted by atomic mass is 19.4. The van der Waals surface area contributed by atoms with Crippen molar-refractivity contribution in [3.05, 3.63) is 0 Å². The SMILES string of the molecule is FC(C(F)(F)C(F)(F)C(F)(F)F)C(F)(F)C(F)(F)C(F)(F)C(F)(F)C(F)(F)F. The summed E-state index contributed by atoms with van der Waals surface area (Å²) in [5.74, 6) is -49.5. The Morgan fingerprint density at radius 1 is 0.321 bits per heavy atom. The molecule has 0 fully saturated rings. The quantitative estimate of drug-likeness (QED) is 0.403. The Morgan fingerprint density at radius 3 is 0.821 bits per heavy atom. The van der Waals surface area contributed by atoms with Crippen molar-refractivity contribution in [3.63, 3.8) is 0 Å². The standard InChI is InChI=1S/C9HF19/c10-1(3(13,14)5(17,18)8(23,24)25)2(11,12)4(15,16)6(19,20)7(21,22)9(26,27)28/h1H. The van der Waals surface area contributed by atoms with Gasteiger partial charge in [-0.3, -0.25) is 0 Å². The van der Waals surface area contributed by atoms with Crippen LogP contribution in [0.15, 0.2) is 0 Å². The number of hydrogen-bond donors (Lipinski definition) is 0. The molecule has 28 heavy (non-hydrogen) atoms. The van der Waals surface area contributed by atoms with Crippen LogP contribution in [0.4, 0.5) is 83.4 Å². The molecule has 0 saturated carbocycles. The molecule has 0 aromatic heterocycles. The molecular formula is C9HF19. The van der Waals surface area contributed by atoms with Crippen molar-refractivity contribution in [1.29, 1.82) is 0 Å². The summed E-state index contributed by atoms with van der Waals surface area (Å²) in [5.41, 5.74) is 0. The highest BCUT2D eigenvalue weighted by molar-refractivity contribution is 5.12. The molecular weight excluding hydrogens is 469 g/mol. The number of hydrogen-bond acceptors (Lipinski definition) is 0. The summed E-state index contributed by atoms with van der Waals surface area (Å²) in [7, 11) is 0. The van der Waals surface area contributed by atoms with E-state index >= 15 is 0 Å². The minimum Gasteiger partial charge on any atom is -0.234 e. The first kappa shape index (κ1) is 26.7. The fraction of sp³-hybridized carbons (Fsp3) is 1.00. The first-order valence-electron chi connectivity index (χ1n) is 5.70. The highest BCUT2D eigenvalue weighted by Gasteiger charge is 2.91. The van der Waals surface area contributed by atoms with Gasteiger partial charge in [-0.2, -0.15) is 79.0 Å². The van der Waals surface area contributed by atoms with Gasteiger partial charge >= 0.3 is 47.9 Å². The maximum Gasteiger partial charge on any atom is 0.460 e. The van der Waals surface area contributed by atoms with Crippen LogP contribution >= 0.6 is 0 Å².